The highest BCUT2D eigenvalue weighted by molar-refractivity contribution is 6.18. The van der Waals surface area contributed by atoms with Crippen molar-refractivity contribution < 1.29 is 9.59 Å². The first-order valence-electron chi connectivity index (χ1n) is 7.40. The zero-order valence-electron chi connectivity index (χ0n) is 12.7. The van der Waals surface area contributed by atoms with Crippen LogP contribution in [0.2, 0.25) is 0 Å². The lowest BCUT2D eigenvalue weighted by Crippen LogP contribution is -2.49. The summed E-state index contributed by atoms with van der Waals surface area (Å²) < 4.78 is 0. The summed E-state index contributed by atoms with van der Waals surface area (Å²) in [7, 11) is 0. The zero-order chi connectivity index (χ0) is 16.4. The Morgan fingerprint density at radius 3 is 2.23 bits per heavy atom. The minimum atomic E-state index is -0.552. The van der Waals surface area contributed by atoms with Gasteiger partial charge in [-0.2, -0.15) is 0 Å². The zero-order valence-corrected chi connectivity index (χ0v) is 14.2. The number of nitrogens with one attached hydrogen (secondary N) is 1. The van der Waals surface area contributed by atoms with Gasteiger partial charge in [0.2, 0.25) is 5.91 Å². The van der Waals surface area contributed by atoms with Crippen molar-refractivity contribution in [2.24, 2.45) is 0 Å². The van der Waals surface area contributed by atoms with Crippen molar-refractivity contribution in [1.29, 1.82) is 0 Å². The maximum absolute atomic E-state index is 12.6. The number of hydrogen-bond donors (Lipinski definition) is 1. The molecular formula is C16H22Cl2N2O2. The number of alkyl halides is 2. The van der Waals surface area contributed by atoms with Gasteiger partial charge in [-0.3, -0.25) is 9.59 Å². The van der Waals surface area contributed by atoms with Crippen molar-refractivity contribution in [1.82, 2.24) is 10.2 Å². The lowest BCUT2D eigenvalue weighted by Gasteiger charge is -2.26. The summed E-state index contributed by atoms with van der Waals surface area (Å²) in [6.45, 7) is 2.82. The SMILES string of the molecule is CCCC(NC(=O)c1ccccc1)C(=O)N(CCCl)CCCl. The number of benzene rings is 1. The Balaban J connectivity index is 2.78. The lowest BCUT2D eigenvalue weighted by molar-refractivity contribution is -0.133. The molecule has 0 aliphatic heterocycles. The molecule has 6 heteroatoms. The predicted molar refractivity (Wildman–Crippen MR) is 90.6 cm³/mol. The number of halogens is 2. The second-order valence-electron chi connectivity index (χ2n) is 4.88. The summed E-state index contributed by atoms with van der Waals surface area (Å²) in [6, 6.07) is 8.31. The van der Waals surface area contributed by atoms with E-state index in [0.717, 1.165) is 6.42 Å². The van der Waals surface area contributed by atoms with Crippen LogP contribution in [-0.4, -0.2) is 47.6 Å². The molecule has 122 valence electrons. The summed E-state index contributed by atoms with van der Waals surface area (Å²) in [4.78, 5) is 26.4. The molecule has 0 radical (unpaired) electrons. The van der Waals surface area contributed by atoms with Crippen LogP contribution in [0.15, 0.2) is 30.3 Å². The van der Waals surface area contributed by atoms with E-state index in [-0.39, 0.29) is 11.8 Å². The van der Waals surface area contributed by atoms with Crippen LogP contribution in [0.3, 0.4) is 0 Å². The minimum absolute atomic E-state index is 0.132. The Morgan fingerprint density at radius 1 is 1.14 bits per heavy atom. The fourth-order valence-corrected chi connectivity index (χ4v) is 2.54. The molecule has 1 rings (SSSR count). The molecule has 1 aromatic rings. The van der Waals surface area contributed by atoms with Gasteiger partial charge in [-0.15, -0.1) is 23.2 Å². The van der Waals surface area contributed by atoms with E-state index in [4.69, 9.17) is 23.2 Å². The summed E-state index contributed by atoms with van der Waals surface area (Å²) in [5, 5.41) is 2.81. The Hall–Kier alpha value is -1.26. The average Bonchev–Trinajstić information content (AvgIpc) is 2.54. The maximum atomic E-state index is 12.6. The standard InChI is InChI=1S/C16H22Cl2N2O2/c1-2-6-14(16(22)20(11-9-17)12-10-18)19-15(21)13-7-4-3-5-8-13/h3-5,7-8,14H,2,6,9-12H2,1H3,(H,19,21). The van der Waals surface area contributed by atoms with Crippen LogP contribution in [0.25, 0.3) is 0 Å². The number of nitrogens with zero attached hydrogens (tertiary/aromatic N) is 1. The van der Waals surface area contributed by atoms with Crippen molar-refractivity contribution in [3.8, 4) is 0 Å². The van der Waals surface area contributed by atoms with Gasteiger partial charge >= 0.3 is 0 Å². The highest BCUT2D eigenvalue weighted by atomic mass is 35.5. The molecule has 0 fully saturated rings. The Bertz CT molecular complexity index is 462. The van der Waals surface area contributed by atoms with Crippen LogP contribution in [-0.2, 0) is 4.79 Å². The van der Waals surface area contributed by atoms with Gasteiger partial charge in [0.15, 0.2) is 0 Å². The smallest absolute Gasteiger partial charge is 0.251 e. The second kappa shape index (κ2) is 10.5. The van der Waals surface area contributed by atoms with Crippen molar-refractivity contribution in [3.05, 3.63) is 35.9 Å². The number of hydrogen-bond acceptors (Lipinski definition) is 2. The van der Waals surface area contributed by atoms with E-state index < -0.39 is 6.04 Å². The Kier molecular flexibility index (Phi) is 8.94. The first-order chi connectivity index (χ1) is 10.6. The lowest BCUT2D eigenvalue weighted by atomic mass is 10.1. The first kappa shape index (κ1) is 18.8. The summed E-state index contributed by atoms with van der Waals surface area (Å²) in [6.07, 6.45) is 1.37. The highest BCUT2D eigenvalue weighted by Crippen LogP contribution is 2.06. The molecule has 0 saturated carbocycles. The number of carbonyl (C=O) groups is 2. The highest BCUT2D eigenvalue weighted by Gasteiger charge is 2.25. The van der Waals surface area contributed by atoms with Gasteiger partial charge in [0.05, 0.1) is 0 Å². The molecule has 22 heavy (non-hydrogen) atoms. The molecule has 1 aromatic carbocycles. The van der Waals surface area contributed by atoms with E-state index in [2.05, 4.69) is 5.32 Å². The van der Waals surface area contributed by atoms with E-state index in [1.54, 1.807) is 29.2 Å². The maximum Gasteiger partial charge on any atom is 0.251 e. The van der Waals surface area contributed by atoms with Crippen molar-refractivity contribution in [3.63, 3.8) is 0 Å². The number of carbonyl (C=O) groups excluding carboxylic acids is 2. The van der Waals surface area contributed by atoms with Crippen LogP contribution in [0.5, 0.6) is 0 Å². The quantitative estimate of drug-likeness (QED) is 0.700. The third-order valence-corrected chi connectivity index (χ3v) is 3.58. The second-order valence-corrected chi connectivity index (χ2v) is 5.64. The fraction of sp³-hybridized carbons (Fsp3) is 0.500. The first-order valence-corrected chi connectivity index (χ1v) is 8.47. The van der Waals surface area contributed by atoms with E-state index >= 15 is 0 Å². The van der Waals surface area contributed by atoms with Crippen LogP contribution >= 0.6 is 23.2 Å². The molecule has 1 atom stereocenters. The van der Waals surface area contributed by atoms with Gasteiger partial charge in [-0.1, -0.05) is 31.5 Å². The van der Waals surface area contributed by atoms with Crippen molar-refractivity contribution in [2.75, 3.05) is 24.8 Å². The van der Waals surface area contributed by atoms with Crippen molar-refractivity contribution >= 4 is 35.0 Å². The van der Waals surface area contributed by atoms with E-state index in [1.807, 2.05) is 13.0 Å². The van der Waals surface area contributed by atoms with Crippen LogP contribution in [0.4, 0.5) is 0 Å². The van der Waals surface area contributed by atoms with Gasteiger partial charge < -0.3 is 10.2 Å². The summed E-state index contributed by atoms with van der Waals surface area (Å²) >= 11 is 11.5. The molecule has 2 amide bonds. The normalized spacial score (nSPS) is 11.8. The summed E-state index contributed by atoms with van der Waals surface area (Å²) in [5.74, 6) is 0.305. The molecule has 1 unspecified atom stereocenters. The number of amides is 2. The molecule has 0 aromatic heterocycles. The van der Waals surface area contributed by atoms with Gasteiger partial charge in [-0.05, 0) is 18.6 Å². The van der Waals surface area contributed by atoms with Crippen LogP contribution in [0.1, 0.15) is 30.1 Å². The van der Waals surface area contributed by atoms with Gasteiger partial charge in [0, 0.05) is 30.4 Å². The molecular weight excluding hydrogens is 323 g/mol. The third-order valence-electron chi connectivity index (χ3n) is 3.24. The monoisotopic (exact) mass is 344 g/mol. The molecule has 4 nitrogen and oxygen atoms in total. The molecule has 1 N–H and O–H groups in total. The van der Waals surface area contributed by atoms with Crippen LogP contribution in [0, 0.1) is 0 Å². The van der Waals surface area contributed by atoms with Gasteiger partial charge in [-0.25, -0.2) is 0 Å². The predicted octanol–water partition coefficient (Wildman–Crippen LogP) is 2.89. The molecule has 0 aliphatic rings. The van der Waals surface area contributed by atoms with E-state index in [0.29, 0.717) is 36.8 Å². The Morgan fingerprint density at radius 2 is 1.73 bits per heavy atom. The third kappa shape index (κ3) is 5.85. The molecule has 0 saturated heterocycles. The summed E-state index contributed by atoms with van der Waals surface area (Å²) in [5.41, 5.74) is 0.539. The molecule has 0 bridgehead atoms. The Labute approximate surface area is 141 Å². The van der Waals surface area contributed by atoms with Gasteiger partial charge in [0.1, 0.15) is 6.04 Å². The molecule has 0 spiro atoms. The largest absolute Gasteiger partial charge is 0.340 e. The van der Waals surface area contributed by atoms with Crippen LogP contribution < -0.4 is 5.32 Å². The average molecular weight is 345 g/mol. The van der Waals surface area contributed by atoms with Gasteiger partial charge in [0.25, 0.3) is 5.91 Å². The van der Waals surface area contributed by atoms with Crippen molar-refractivity contribution in [2.45, 2.75) is 25.8 Å². The fourth-order valence-electron chi connectivity index (χ4n) is 2.13. The molecule has 0 aliphatic carbocycles. The van der Waals surface area contributed by atoms with E-state index in [1.165, 1.54) is 0 Å². The topological polar surface area (TPSA) is 49.4 Å². The van der Waals surface area contributed by atoms with E-state index in [9.17, 15) is 9.59 Å². The number of rotatable bonds is 9. The minimum Gasteiger partial charge on any atom is -0.340 e. The molecule has 0 heterocycles.